The van der Waals surface area contributed by atoms with E-state index in [0.29, 0.717) is 21.2 Å². The van der Waals surface area contributed by atoms with Gasteiger partial charge in [-0.1, -0.05) is 0 Å². The quantitative estimate of drug-likeness (QED) is 0.758. The maximum absolute atomic E-state index is 13.1. The summed E-state index contributed by atoms with van der Waals surface area (Å²) in [6, 6.07) is 2.85. The summed E-state index contributed by atoms with van der Waals surface area (Å²) < 4.78 is 20.0. The number of nitrogens with zero attached hydrogens (tertiary/aromatic N) is 1. The summed E-state index contributed by atoms with van der Waals surface area (Å²) in [6.07, 6.45) is 0. The lowest BCUT2D eigenvalue weighted by Gasteiger charge is -1.97. The molecular weight excluding hydrogens is 300 g/mol. The first kappa shape index (κ1) is 9.70. The summed E-state index contributed by atoms with van der Waals surface area (Å²) in [6.45, 7) is 2.36. The number of hydrogen-bond acceptors (Lipinski definition) is 2. The molecule has 0 aliphatic carbocycles. The third kappa shape index (κ3) is 1.35. The van der Waals surface area contributed by atoms with Crippen molar-refractivity contribution in [2.75, 3.05) is 0 Å². The lowest BCUT2D eigenvalue weighted by Crippen LogP contribution is -2.12. The van der Waals surface area contributed by atoms with E-state index in [4.69, 9.17) is 4.42 Å². The summed E-state index contributed by atoms with van der Waals surface area (Å²) in [7, 11) is 0. The van der Waals surface area contributed by atoms with Crippen molar-refractivity contribution in [3.8, 4) is 0 Å². The first-order chi connectivity index (χ1) is 6.63. The molecule has 0 unspecified atom stereocenters. The molecule has 0 saturated heterocycles. The lowest BCUT2D eigenvalue weighted by molar-refractivity contribution is 0.511. The van der Waals surface area contributed by atoms with Crippen LogP contribution in [0.4, 0.5) is 4.39 Å². The minimum Gasteiger partial charge on any atom is -0.408 e. The molecule has 0 spiro atoms. The van der Waals surface area contributed by atoms with E-state index in [1.165, 1.54) is 10.6 Å². The standard InChI is InChI=1S/C9H7FINO2/c1-2-12-7-4-6(11)5(10)3-8(7)14-9(12)13/h3-4H,2H2,1H3. The van der Waals surface area contributed by atoms with E-state index in [9.17, 15) is 9.18 Å². The molecular formula is C9H7FINO2. The van der Waals surface area contributed by atoms with E-state index < -0.39 is 5.76 Å². The average Bonchev–Trinajstić information content (AvgIpc) is 2.42. The molecule has 0 saturated carbocycles. The molecule has 2 rings (SSSR count). The molecule has 3 nitrogen and oxygen atoms in total. The molecule has 0 atom stereocenters. The highest BCUT2D eigenvalue weighted by Gasteiger charge is 2.10. The number of fused-ring (bicyclic) bond motifs is 1. The van der Waals surface area contributed by atoms with Crippen LogP contribution in [-0.4, -0.2) is 4.57 Å². The number of aryl methyl sites for hydroxylation is 1. The second kappa shape index (κ2) is 3.38. The van der Waals surface area contributed by atoms with Gasteiger partial charge in [-0.25, -0.2) is 9.18 Å². The smallest absolute Gasteiger partial charge is 0.408 e. The highest BCUT2D eigenvalue weighted by atomic mass is 127. The Kier molecular flexibility index (Phi) is 2.34. The van der Waals surface area contributed by atoms with Gasteiger partial charge in [-0.2, -0.15) is 0 Å². The Morgan fingerprint density at radius 3 is 2.93 bits per heavy atom. The van der Waals surface area contributed by atoms with Crippen LogP contribution in [0, 0.1) is 9.39 Å². The van der Waals surface area contributed by atoms with Gasteiger partial charge < -0.3 is 4.42 Å². The molecule has 1 heterocycles. The molecule has 74 valence electrons. The van der Waals surface area contributed by atoms with E-state index in [1.54, 1.807) is 6.07 Å². The van der Waals surface area contributed by atoms with Crippen molar-refractivity contribution < 1.29 is 8.81 Å². The number of oxazole rings is 1. The fourth-order valence-electron chi connectivity index (χ4n) is 1.36. The number of rotatable bonds is 1. The zero-order valence-corrected chi connectivity index (χ0v) is 9.54. The van der Waals surface area contributed by atoms with E-state index in [2.05, 4.69) is 0 Å². The third-order valence-electron chi connectivity index (χ3n) is 2.03. The predicted molar refractivity (Wildman–Crippen MR) is 58.8 cm³/mol. The summed E-state index contributed by atoms with van der Waals surface area (Å²) in [5.74, 6) is -0.806. The Balaban J connectivity index is 2.89. The Hall–Kier alpha value is -0.850. The summed E-state index contributed by atoms with van der Waals surface area (Å²) in [5, 5.41) is 0. The van der Waals surface area contributed by atoms with Gasteiger partial charge in [-0.15, -0.1) is 0 Å². The van der Waals surface area contributed by atoms with Gasteiger partial charge in [0.2, 0.25) is 0 Å². The molecule has 0 bridgehead atoms. The maximum atomic E-state index is 13.1. The molecule has 1 aromatic carbocycles. The van der Waals surface area contributed by atoms with Crippen LogP contribution in [-0.2, 0) is 6.54 Å². The fourth-order valence-corrected chi connectivity index (χ4v) is 1.81. The van der Waals surface area contributed by atoms with Gasteiger partial charge in [0.15, 0.2) is 5.58 Å². The topological polar surface area (TPSA) is 35.1 Å². The molecule has 0 N–H and O–H groups in total. The van der Waals surface area contributed by atoms with Gasteiger partial charge in [0.1, 0.15) is 5.82 Å². The SMILES string of the molecule is CCn1c(=O)oc2cc(F)c(I)cc21. The molecule has 1 aromatic heterocycles. The van der Waals surface area contributed by atoms with Crippen LogP contribution in [0.2, 0.25) is 0 Å². The van der Waals surface area contributed by atoms with Crippen LogP contribution in [0.3, 0.4) is 0 Å². The zero-order chi connectivity index (χ0) is 10.3. The molecule has 0 aliphatic heterocycles. The lowest BCUT2D eigenvalue weighted by atomic mass is 10.3. The highest BCUT2D eigenvalue weighted by molar-refractivity contribution is 14.1. The third-order valence-corrected chi connectivity index (χ3v) is 2.85. The molecule has 0 radical (unpaired) electrons. The first-order valence-electron chi connectivity index (χ1n) is 4.12. The summed E-state index contributed by atoms with van der Waals surface area (Å²) in [4.78, 5) is 11.3. The molecule has 2 aromatic rings. The molecule has 5 heteroatoms. The van der Waals surface area contributed by atoms with Crippen LogP contribution in [0.15, 0.2) is 21.3 Å². The van der Waals surface area contributed by atoms with Gasteiger partial charge in [-0.05, 0) is 35.6 Å². The van der Waals surface area contributed by atoms with Gasteiger partial charge in [0, 0.05) is 12.6 Å². The van der Waals surface area contributed by atoms with E-state index in [-0.39, 0.29) is 5.82 Å². The minimum atomic E-state index is -0.441. The molecule has 0 fully saturated rings. The summed E-state index contributed by atoms with van der Waals surface area (Å²) >= 11 is 1.88. The van der Waals surface area contributed by atoms with Crippen LogP contribution in [0.5, 0.6) is 0 Å². The van der Waals surface area contributed by atoms with Crippen LogP contribution in [0.25, 0.3) is 11.1 Å². The van der Waals surface area contributed by atoms with Crippen molar-refractivity contribution in [1.82, 2.24) is 4.57 Å². The molecule has 0 aliphatic rings. The van der Waals surface area contributed by atoms with Crippen LogP contribution in [0.1, 0.15) is 6.92 Å². The Morgan fingerprint density at radius 2 is 2.29 bits per heavy atom. The van der Waals surface area contributed by atoms with Crippen LogP contribution < -0.4 is 5.76 Å². The van der Waals surface area contributed by atoms with E-state index in [1.807, 2.05) is 29.5 Å². The van der Waals surface area contributed by atoms with Crippen molar-refractivity contribution in [2.24, 2.45) is 0 Å². The predicted octanol–water partition coefficient (Wildman–Crippen LogP) is 2.36. The van der Waals surface area contributed by atoms with Crippen LogP contribution >= 0.6 is 22.6 Å². The van der Waals surface area contributed by atoms with Gasteiger partial charge in [0.05, 0.1) is 9.09 Å². The molecule has 0 amide bonds. The first-order valence-corrected chi connectivity index (χ1v) is 5.19. The number of halogens is 2. The average molecular weight is 307 g/mol. The van der Waals surface area contributed by atoms with E-state index >= 15 is 0 Å². The molecule has 14 heavy (non-hydrogen) atoms. The highest BCUT2D eigenvalue weighted by Crippen LogP contribution is 2.19. The van der Waals surface area contributed by atoms with Crippen molar-refractivity contribution in [3.05, 3.63) is 32.1 Å². The normalized spacial score (nSPS) is 11.1. The zero-order valence-electron chi connectivity index (χ0n) is 7.38. The van der Waals surface area contributed by atoms with E-state index in [0.717, 1.165) is 0 Å². The minimum absolute atomic E-state index is 0.301. The second-order valence-electron chi connectivity index (χ2n) is 2.85. The number of benzene rings is 1. The van der Waals surface area contributed by atoms with Crippen molar-refractivity contribution in [2.45, 2.75) is 13.5 Å². The maximum Gasteiger partial charge on any atom is 0.419 e. The van der Waals surface area contributed by atoms with Gasteiger partial charge in [-0.3, -0.25) is 4.57 Å². The van der Waals surface area contributed by atoms with Gasteiger partial charge in [0.25, 0.3) is 0 Å². The summed E-state index contributed by atoms with van der Waals surface area (Å²) in [5.41, 5.74) is 0.943. The Bertz CT molecular complexity index is 543. The van der Waals surface area contributed by atoms with Crippen molar-refractivity contribution in [3.63, 3.8) is 0 Å². The fraction of sp³-hybridized carbons (Fsp3) is 0.222. The van der Waals surface area contributed by atoms with Crippen molar-refractivity contribution in [1.29, 1.82) is 0 Å². The Labute approximate surface area is 92.7 Å². The number of aromatic nitrogens is 1. The number of hydrogen-bond donors (Lipinski definition) is 0. The van der Waals surface area contributed by atoms with Gasteiger partial charge >= 0.3 is 5.76 Å². The second-order valence-corrected chi connectivity index (χ2v) is 4.01. The monoisotopic (exact) mass is 307 g/mol. The largest absolute Gasteiger partial charge is 0.419 e. The van der Waals surface area contributed by atoms with Crippen molar-refractivity contribution >= 4 is 33.7 Å². The Morgan fingerprint density at radius 1 is 1.57 bits per heavy atom.